The highest BCUT2D eigenvalue weighted by Crippen LogP contribution is 2.36. The lowest BCUT2D eigenvalue weighted by Gasteiger charge is -2.38. The van der Waals surface area contributed by atoms with Crippen LogP contribution in [0.2, 0.25) is 0 Å². The van der Waals surface area contributed by atoms with Crippen LogP contribution >= 0.6 is 12.6 Å². The molecule has 1 fully saturated rings. The number of hydrogen-bond donors (Lipinski definition) is 1. The number of hydrogen-bond acceptors (Lipinski definition) is 5. The van der Waals surface area contributed by atoms with E-state index in [0.717, 1.165) is 30.3 Å². The molecule has 0 bridgehead atoms. The molecular weight excluding hydrogens is 393 g/mol. The normalized spacial score (nSPS) is 14.2. The van der Waals surface area contributed by atoms with E-state index in [1.807, 2.05) is 58.0 Å². The predicted octanol–water partition coefficient (Wildman–Crippen LogP) is 5.20. The molecule has 1 saturated carbocycles. The average molecular weight is 422 g/mol. The highest BCUT2D eigenvalue weighted by atomic mass is 32.1. The maximum Gasteiger partial charge on any atom is 0.330 e. The van der Waals surface area contributed by atoms with Gasteiger partial charge in [-0.15, -0.1) is 0 Å². The second-order valence-electron chi connectivity index (χ2n) is 8.72. The summed E-state index contributed by atoms with van der Waals surface area (Å²) in [5.74, 6) is 2.03. The van der Waals surface area contributed by atoms with Gasteiger partial charge in [0.05, 0.1) is 17.3 Å². The van der Waals surface area contributed by atoms with Crippen molar-refractivity contribution in [3.8, 4) is 23.3 Å². The van der Waals surface area contributed by atoms with Crippen molar-refractivity contribution >= 4 is 25.6 Å². The van der Waals surface area contributed by atoms with Gasteiger partial charge in [0, 0.05) is 10.8 Å². The van der Waals surface area contributed by atoms with E-state index < -0.39 is 5.60 Å². The molecule has 0 atom stereocenters. The van der Waals surface area contributed by atoms with E-state index >= 15 is 0 Å². The highest BCUT2D eigenvalue weighted by Gasteiger charge is 2.34. The van der Waals surface area contributed by atoms with Crippen LogP contribution in [0.3, 0.4) is 0 Å². The molecule has 1 aliphatic carbocycles. The summed E-state index contributed by atoms with van der Waals surface area (Å²) in [6, 6.07) is 13.6. The van der Waals surface area contributed by atoms with E-state index in [4.69, 9.17) is 14.1 Å². The van der Waals surface area contributed by atoms with Crippen LogP contribution in [0, 0.1) is 11.3 Å². The van der Waals surface area contributed by atoms with Gasteiger partial charge in [-0.05, 0) is 70.7 Å². The van der Waals surface area contributed by atoms with Crippen molar-refractivity contribution < 1.29 is 14.1 Å². The minimum absolute atomic E-state index is 0.248. The Morgan fingerprint density at radius 3 is 2.30 bits per heavy atom. The topological polar surface area (TPSA) is 51.5 Å². The van der Waals surface area contributed by atoms with E-state index in [9.17, 15) is 5.26 Å². The molecule has 0 amide bonds. The largest absolute Gasteiger partial charge is 0.489 e. The van der Waals surface area contributed by atoms with Crippen molar-refractivity contribution in [3.05, 3.63) is 47.5 Å². The zero-order chi connectivity index (χ0) is 21.9. The summed E-state index contributed by atoms with van der Waals surface area (Å²) >= 11 is 4.62. The molecule has 3 rings (SSSR count). The number of nitriles is 1. The monoisotopic (exact) mass is 422 g/mol. The summed E-state index contributed by atoms with van der Waals surface area (Å²) in [5.41, 5.74) is 2.03. The number of benzene rings is 2. The lowest BCUT2D eigenvalue weighted by atomic mass is 9.84. The molecule has 30 heavy (non-hydrogen) atoms. The third-order valence-corrected chi connectivity index (χ3v) is 6.07. The standard InChI is InChI=1S/C24H29BNO3S/c1-6-16-13-21(14-17(15-26)22(16)28-20-11-12-20)27-19-9-7-18(8-10-19)25-29-23(2,3)24(4,5)30/h7-10,13-14,20,30H,6,11-12H2,1-5H3. The number of rotatable bonds is 9. The van der Waals surface area contributed by atoms with Crippen LogP contribution in [0.15, 0.2) is 36.4 Å². The van der Waals surface area contributed by atoms with Gasteiger partial charge in [-0.1, -0.05) is 24.5 Å². The Morgan fingerprint density at radius 2 is 1.77 bits per heavy atom. The van der Waals surface area contributed by atoms with Crippen LogP contribution < -0.4 is 14.9 Å². The molecule has 0 unspecified atom stereocenters. The van der Waals surface area contributed by atoms with Crippen LogP contribution in [0.1, 0.15) is 58.6 Å². The third-order valence-electron chi connectivity index (χ3n) is 5.53. The quantitative estimate of drug-likeness (QED) is 0.446. The summed E-state index contributed by atoms with van der Waals surface area (Å²) in [6.07, 6.45) is 3.14. The first kappa shape index (κ1) is 22.6. The van der Waals surface area contributed by atoms with E-state index in [2.05, 4.69) is 25.6 Å². The Morgan fingerprint density at radius 1 is 1.10 bits per heavy atom. The maximum atomic E-state index is 9.57. The van der Waals surface area contributed by atoms with Gasteiger partial charge in [0.25, 0.3) is 0 Å². The Labute approximate surface area is 186 Å². The molecule has 2 aromatic carbocycles. The molecule has 4 nitrogen and oxygen atoms in total. The fourth-order valence-electron chi connectivity index (χ4n) is 2.67. The first-order valence-electron chi connectivity index (χ1n) is 10.4. The number of nitrogens with zero attached hydrogens (tertiary/aromatic N) is 1. The summed E-state index contributed by atoms with van der Waals surface area (Å²) in [7, 11) is 1.74. The minimum Gasteiger partial charge on any atom is -0.489 e. The van der Waals surface area contributed by atoms with E-state index in [1.54, 1.807) is 13.5 Å². The van der Waals surface area contributed by atoms with Crippen molar-refractivity contribution in [3.63, 3.8) is 0 Å². The summed E-state index contributed by atoms with van der Waals surface area (Å²) in [4.78, 5) is 0. The molecule has 0 aliphatic heterocycles. The lowest BCUT2D eigenvalue weighted by molar-refractivity contribution is 0.0854. The van der Waals surface area contributed by atoms with Gasteiger partial charge in [-0.25, -0.2) is 0 Å². The zero-order valence-corrected chi connectivity index (χ0v) is 19.3. The molecule has 1 radical (unpaired) electrons. The van der Waals surface area contributed by atoms with Gasteiger partial charge in [0.2, 0.25) is 0 Å². The molecule has 2 aromatic rings. The van der Waals surface area contributed by atoms with Crippen LogP contribution in [-0.4, -0.2) is 23.9 Å². The SMILES string of the molecule is CCc1cc(Oc2ccc([B]OC(C)(C)C(C)(C)S)cc2)cc(C#N)c1OC1CC1. The highest BCUT2D eigenvalue weighted by molar-refractivity contribution is 7.81. The average Bonchev–Trinajstić information content (AvgIpc) is 3.51. The Kier molecular flexibility index (Phi) is 6.74. The van der Waals surface area contributed by atoms with Gasteiger partial charge in [0.15, 0.2) is 0 Å². The predicted molar refractivity (Wildman–Crippen MR) is 124 cm³/mol. The smallest absolute Gasteiger partial charge is 0.330 e. The molecule has 0 spiro atoms. The second kappa shape index (κ2) is 8.95. The van der Waals surface area contributed by atoms with Crippen LogP contribution in [0.25, 0.3) is 0 Å². The Bertz CT molecular complexity index is 925. The molecule has 157 valence electrons. The molecule has 0 heterocycles. The number of ether oxygens (including phenoxy) is 2. The van der Waals surface area contributed by atoms with Crippen molar-refractivity contribution in [2.24, 2.45) is 0 Å². The van der Waals surface area contributed by atoms with Gasteiger partial charge < -0.3 is 14.1 Å². The first-order chi connectivity index (χ1) is 14.1. The second-order valence-corrected chi connectivity index (χ2v) is 9.84. The molecule has 1 aliphatic rings. The first-order valence-corrected chi connectivity index (χ1v) is 10.8. The maximum absolute atomic E-state index is 9.57. The van der Waals surface area contributed by atoms with Gasteiger partial charge in [-0.2, -0.15) is 17.9 Å². The lowest BCUT2D eigenvalue weighted by Crippen LogP contribution is -2.45. The Hall–Kier alpha value is -2.10. The van der Waals surface area contributed by atoms with Crippen molar-refractivity contribution in [1.29, 1.82) is 5.26 Å². The summed E-state index contributed by atoms with van der Waals surface area (Å²) < 4.78 is 17.7. The molecule has 0 N–H and O–H groups in total. The van der Waals surface area contributed by atoms with Gasteiger partial charge in [-0.3, -0.25) is 0 Å². The van der Waals surface area contributed by atoms with E-state index in [1.165, 1.54) is 0 Å². The zero-order valence-electron chi connectivity index (χ0n) is 18.4. The number of thiol groups is 1. The molecule has 0 saturated heterocycles. The van der Waals surface area contributed by atoms with Gasteiger partial charge >= 0.3 is 7.48 Å². The van der Waals surface area contributed by atoms with Crippen LogP contribution in [0.5, 0.6) is 17.2 Å². The van der Waals surface area contributed by atoms with Crippen LogP contribution in [0.4, 0.5) is 0 Å². The van der Waals surface area contributed by atoms with Crippen molar-refractivity contribution in [1.82, 2.24) is 0 Å². The summed E-state index contributed by atoms with van der Waals surface area (Å²) in [6.45, 7) is 10.1. The van der Waals surface area contributed by atoms with Crippen molar-refractivity contribution in [2.45, 2.75) is 70.3 Å². The third kappa shape index (κ3) is 5.53. The minimum atomic E-state index is -0.417. The summed E-state index contributed by atoms with van der Waals surface area (Å²) in [5, 5.41) is 9.57. The Balaban J connectivity index is 1.70. The molecule has 6 heteroatoms. The van der Waals surface area contributed by atoms with Gasteiger partial charge in [0.1, 0.15) is 23.3 Å². The fraction of sp³-hybridized carbons (Fsp3) is 0.458. The van der Waals surface area contributed by atoms with Crippen LogP contribution in [-0.2, 0) is 11.1 Å². The van der Waals surface area contributed by atoms with Crippen molar-refractivity contribution in [2.75, 3.05) is 0 Å². The molecule has 0 aromatic heterocycles. The van der Waals surface area contributed by atoms with E-state index in [0.29, 0.717) is 22.8 Å². The number of aryl methyl sites for hydroxylation is 1. The molecular formula is C24H29BNO3S. The van der Waals surface area contributed by atoms with E-state index in [-0.39, 0.29) is 10.9 Å². The fourth-order valence-corrected chi connectivity index (χ4v) is 2.72.